The Morgan fingerprint density at radius 3 is 1.84 bits per heavy atom. The zero-order valence-corrected chi connectivity index (χ0v) is 48.8. The first-order valence-electron chi connectivity index (χ1n) is 28.3. The molecule has 20 nitrogen and oxygen atoms in total. The number of aliphatic carboxylic acids is 1. The van der Waals surface area contributed by atoms with Crippen LogP contribution in [0.4, 0.5) is 0 Å². The molecule has 1 aliphatic rings. The molecule has 8 rings (SSSR count). The molecule has 0 radical (unpaired) electrons. The first-order valence-corrected chi connectivity index (χ1v) is 30.8. The molecule has 1 aromatic heterocycles. The highest BCUT2D eigenvalue weighted by Crippen LogP contribution is 2.26. The van der Waals surface area contributed by atoms with E-state index in [0.717, 1.165) is 59.6 Å². The Bertz CT molecular complexity index is 3530. The van der Waals surface area contributed by atoms with Crippen LogP contribution in [0.3, 0.4) is 0 Å². The molecule has 1 saturated heterocycles. The first kappa shape index (κ1) is 62.6. The number of benzene rings is 6. The molecule has 0 aliphatic carbocycles. The standard InChI is InChI=1S/C63H72N10O10S2/c1-36(2)55-62(81)72-54(61(80)70-52(63(82)83)31-39-19-23-41-12-4-6-14-43(41)28-39)35-85-84-34-53(71-56(75)47(65)29-38-18-22-40-11-3-5-13-42(40)27-38)60(79)68-50(30-37-20-24-45(74)25-21-37)58(77)69-51(32-44-33-66-48-16-8-7-15-46(44)48)59(78)67-49(57(76)73-55)17-9-10-26-64/h3-8,11-16,18-25,27-28,33,36,47,49-55,66,74H,9-10,17,26,29-32,34-35,64-65H2,1-2H3,(H,67,78)(H,68,79)(H,69,77)(H,70,80)(H,71,75)(H,72,81)(H,73,76)(H,82,83)/t47-,49+,50+,51-,52+,53-,54+,55+/m1/s1. The van der Waals surface area contributed by atoms with Crippen LogP contribution in [0.25, 0.3) is 32.4 Å². The number of hydrogen-bond donors (Lipinski definition) is 12. The fraction of sp³-hybridized carbons (Fsp3) is 0.333. The van der Waals surface area contributed by atoms with Gasteiger partial charge in [-0.1, -0.05) is 151 Å². The lowest BCUT2D eigenvalue weighted by atomic mass is 9.99. The van der Waals surface area contributed by atoms with Crippen LogP contribution in [0, 0.1) is 5.92 Å². The van der Waals surface area contributed by atoms with E-state index in [1.54, 1.807) is 38.2 Å². The molecular formula is C63H72N10O10S2. The van der Waals surface area contributed by atoms with Crippen LogP contribution in [0.1, 0.15) is 55.4 Å². The van der Waals surface area contributed by atoms with E-state index >= 15 is 0 Å². The lowest BCUT2D eigenvalue weighted by Crippen LogP contribution is -2.61. The molecule has 446 valence electrons. The average molecular weight is 1190 g/mol. The quantitative estimate of drug-likeness (QED) is 0.0418. The Morgan fingerprint density at radius 2 is 1.19 bits per heavy atom. The van der Waals surface area contributed by atoms with Crippen molar-refractivity contribution < 1.29 is 48.6 Å². The summed E-state index contributed by atoms with van der Waals surface area (Å²) in [4.78, 5) is 119. The number of aromatic nitrogens is 1. The zero-order chi connectivity index (χ0) is 60.6. The summed E-state index contributed by atoms with van der Waals surface area (Å²) in [6.45, 7) is 3.65. The van der Waals surface area contributed by atoms with Crippen molar-refractivity contribution in [3.05, 3.63) is 162 Å². The Hall–Kier alpha value is -8.44. The maximum Gasteiger partial charge on any atom is 0.326 e. The second-order valence-electron chi connectivity index (χ2n) is 21.6. The number of para-hydroxylation sites is 1. The van der Waals surface area contributed by atoms with Gasteiger partial charge < -0.3 is 63.9 Å². The van der Waals surface area contributed by atoms with Gasteiger partial charge in [0.15, 0.2) is 0 Å². The number of carbonyl (C=O) groups excluding carboxylic acids is 7. The van der Waals surface area contributed by atoms with E-state index in [-0.39, 0.29) is 55.9 Å². The molecule has 0 saturated carbocycles. The van der Waals surface area contributed by atoms with E-state index in [9.17, 15) is 48.6 Å². The second-order valence-corrected chi connectivity index (χ2v) is 24.2. The van der Waals surface area contributed by atoms with Gasteiger partial charge in [0.2, 0.25) is 41.4 Å². The Kier molecular flexibility index (Phi) is 22.0. The molecule has 7 amide bonds. The number of nitrogens with one attached hydrogen (secondary N) is 8. The van der Waals surface area contributed by atoms with Gasteiger partial charge in [-0.3, -0.25) is 33.6 Å². The summed E-state index contributed by atoms with van der Waals surface area (Å²) >= 11 is 0. The van der Waals surface area contributed by atoms with E-state index in [4.69, 9.17) is 11.5 Å². The van der Waals surface area contributed by atoms with Gasteiger partial charge in [-0.05, 0) is 100 Å². The molecule has 1 aliphatic heterocycles. The number of fused-ring (bicyclic) bond motifs is 3. The monoisotopic (exact) mass is 1190 g/mol. The number of amides is 7. The van der Waals surface area contributed by atoms with E-state index < -0.39 is 102 Å². The number of rotatable bonds is 18. The topological polar surface area (TPSA) is 329 Å². The minimum absolute atomic E-state index is 0.0481. The number of phenols is 1. The van der Waals surface area contributed by atoms with Crippen LogP contribution >= 0.6 is 21.6 Å². The number of phenolic OH excluding ortho intramolecular Hbond substituents is 1. The molecule has 85 heavy (non-hydrogen) atoms. The van der Waals surface area contributed by atoms with Crippen molar-refractivity contribution in [1.82, 2.24) is 42.2 Å². The van der Waals surface area contributed by atoms with Crippen LogP contribution in [0.2, 0.25) is 0 Å². The Morgan fingerprint density at radius 1 is 0.624 bits per heavy atom. The van der Waals surface area contributed by atoms with Gasteiger partial charge in [0, 0.05) is 47.9 Å². The normalized spacial score (nSPS) is 20.3. The van der Waals surface area contributed by atoms with Crippen molar-refractivity contribution in [2.24, 2.45) is 17.4 Å². The van der Waals surface area contributed by atoms with Crippen molar-refractivity contribution >= 4 is 101 Å². The number of carboxylic acid groups (broad SMARTS) is 1. The third-order valence-corrected chi connectivity index (χ3v) is 17.3. The maximum absolute atomic E-state index is 15.0. The number of carboxylic acids is 1. The lowest BCUT2D eigenvalue weighted by Gasteiger charge is -2.29. The summed E-state index contributed by atoms with van der Waals surface area (Å²) in [5.41, 5.74) is 15.8. The van der Waals surface area contributed by atoms with E-state index in [1.165, 1.54) is 12.1 Å². The summed E-state index contributed by atoms with van der Waals surface area (Å²) in [5, 5.41) is 44.6. The summed E-state index contributed by atoms with van der Waals surface area (Å²) in [6.07, 6.45) is 2.38. The van der Waals surface area contributed by atoms with Gasteiger partial charge in [-0.15, -0.1) is 0 Å². The Balaban J connectivity index is 1.14. The number of H-pyrrole nitrogens is 1. The minimum Gasteiger partial charge on any atom is -0.508 e. The zero-order valence-electron chi connectivity index (χ0n) is 47.2. The molecule has 0 unspecified atom stereocenters. The van der Waals surface area contributed by atoms with Crippen molar-refractivity contribution in [2.75, 3.05) is 18.1 Å². The largest absolute Gasteiger partial charge is 0.508 e. The molecule has 6 aromatic carbocycles. The van der Waals surface area contributed by atoms with E-state index in [1.807, 2.05) is 103 Å². The number of unbranched alkanes of at least 4 members (excludes halogenated alkanes) is 1. The number of aromatic amines is 1. The van der Waals surface area contributed by atoms with Crippen molar-refractivity contribution in [3.8, 4) is 5.75 Å². The number of aromatic hydroxyl groups is 1. The number of carbonyl (C=O) groups is 8. The highest BCUT2D eigenvalue weighted by atomic mass is 33.1. The maximum atomic E-state index is 15.0. The smallest absolute Gasteiger partial charge is 0.326 e. The van der Waals surface area contributed by atoms with Crippen LogP contribution < -0.4 is 48.7 Å². The molecule has 7 aromatic rings. The molecular weight excluding hydrogens is 1120 g/mol. The highest BCUT2D eigenvalue weighted by Gasteiger charge is 2.36. The molecule has 2 heterocycles. The van der Waals surface area contributed by atoms with Gasteiger partial charge in [-0.2, -0.15) is 0 Å². The lowest BCUT2D eigenvalue weighted by molar-refractivity contribution is -0.142. The van der Waals surface area contributed by atoms with Crippen LogP contribution in [0.5, 0.6) is 5.75 Å². The van der Waals surface area contributed by atoms with Crippen molar-refractivity contribution in [2.45, 2.75) is 107 Å². The summed E-state index contributed by atoms with van der Waals surface area (Å²) in [5.74, 6) is -7.84. The predicted octanol–water partition coefficient (Wildman–Crippen LogP) is 4.44. The average Bonchev–Trinajstić information content (AvgIpc) is 4.02. The Labute approximate surface area is 499 Å². The third kappa shape index (κ3) is 17.3. The third-order valence-electron chi connectivity index (χ3n) is 14.9. The molecule has 0 spiro atoms. The van der Waals surface area contributed by atoms with Crippen LogP contribution in [-0.4, -0.2) is 129 Å². The first-order chi connectivity index (χ1) is 40.9. The summed E-state index contributed by atoms with van der Waals surface area (Å²) < 4.78 is 0. The fourth-order valence-electron chi connectivity index (χ4n) is 10.1. The van der Waals surface area contributed by atoms with Gasteiger partial charge >= 0.3 is 5.97 Å². The van der Waals surface area contributed by atoms with E-state index in [0.29, 0.717) is 29.5 Å². The predicted molar refractivity (Wildman–Crippen MR) is 331 cm³/mol. The van der Waals surface area contributed by atoms with Gasteiger partial charge in [0.05, 0.1) is 6.04 Å². The molecule has 8 atom stereocenters. The van der Waals surface area contributed by atoms with Gasteiger partial charge in [0.25, 0.3) is 0 Å². The van der Waals surface area contributed by atoms with Crippen LogP contribution in [0.15, 0.2) is 140 Å². The van der Waals surface area contributed by atoms with Gasteiger partial charge in [0.1, 0.15) is 48.0 Å². The van der Waals surface area contributed by atoms with Crippen molar-refractivity contribution in [1.29, 1.82) is 0 Å². The number of nitrogens with two attached hydrogens (primary N) is 2. The molecule has 0 bridgehead atoms. The highest BCUT2D eigenvalue weighted by molar-refractivity contribution is 8.76. The number of hydrogen-bond acceptors (Lipinski definition) is 13. The fourth-order valence-corrected chi connectivity index (χ4v) is 12.4. The van der Waals surface area contributed by atoms with Gasteiger partial charge in [-0.25, -0.2) is 4.79 Å². The summed E-state index contributed by atoms with van der Waals surface area (Å²) in [7, 11) is 2.08. The van der Waals surface area contributed by atoms with Crippen LogP contribution in [-0.2, 0) is 64.0 Å². The second kappa shape index (κ2) is 29.9. The van der Waals surface area contributed by atoms with E-state index in [2.05, 4.69) is 42.2 Å². The SMILES string of the molecule is CC(C)[C@@H]1NC(=O)[C@H](CCCCN)NC(=O)[C@@H](Cc2c[nH]c3ccccc23)NC(=O)[C@H](Cc2ccc(O)cc2)NC(=O)[C@H](NC(=O)[C@H](N)Cc2ccc3ccccc3c2)CSSC[C@@H](C(=O)N[C@@H](Cc2ccc3ccccc3c2)C(=O)O)NC1=O. The van der Waals surface area contributed by atoms with Crippen molar-refractivity contribution in [3.63, 3.8) is 0 Å². The molecule has 22 heteroatoms. The molecule has 14 N–H and O–H groups in total. The minimum atomic E-state index is -1.45. The summed E-state index contributed by atoms with van der Waals surface area (Å²) in [6, 6.07) is 29.0. The molecule has 1 fully saturated rings.